The molecule has 0 saturated carbocycles. The molecule has 2 aliphatic rings. The third-order valence-corrected chi connectivity index (χ3v) is 5.27. The molecule has 158 valence electrons. The molecule has 1 aromatic heterocycles. The zero-order valence-electron chi connectivity index (χ0n) is 17.1. The van der Waals surface area contributed by atoms with Gasteiger partial charge in [0.15, 0.2) is 5.96 Å². The van der Waals surface area contributed by atoms with Crippen molar-refractivity contribution >= 4 is 35.9 Å². The molecule has 0 aliphatic carbocycles. The smallest absolute Gasteiger partial charge is 0.225 e. The van der Waals surface area contributed by atoms with Crippen molar-refractivity contribution in [2.24, 2.45) is 10.9 Å². The number of anilines is 1. The van der Waals surface area contributed by atoms with E-state index in [1.165, 1.54) is 0 Å². The van der Waals surface area contributed by atoms with E-state index in [1.807, 2.05) is 25.5 Å². The Morgan fingerprint density at radius 3 is 2.68 bits per heavy atom. The highest BCUT2D eigenvalue weighted by molar-refractivity contribution is 14.0. The average Bonchev–Trinajstić information content (AvgIpc) is 3.22. The van der Waals surface area contributed by atoms with Crippen LogP contribution >= 0.6 is 24.0 Å². The van der Waals surface area contributed by atoms with Crippen molar-refractivity contribution in [3.8, 4) is 0 Å². The van der Waals surface area contributed by atoms with Gasteiger partial charge in [0.25, 0.3) is 0 Å². The molecule has 2 aliphatic heterocycles. The third-order valence-electron chi connectivity index (χ3n) is 5.27. The SMILES string of the molecule is CN=C(NCCCN1CCN(c2ncccn2)CC1)N(C)CC1CCOC1.I. The predicted octanol–water partition coefficient (Wildman–Crippen LogP) is 1.15. The van der Waals surface area contributed by atoms with Crippen LogP contribution in [0.15, 0.2) is 23.5 Å². The van der Waals surface area contributed by atoms with Crippen LogP contribution in [0.3, 0.4) is 0 Å². The van der Waals surface area contributed by atoms with Gasteiger partial charge in [0, 0.05) is 78.3 Å². The minimum atomic E-state index is 0. The summed E-state index contributed by atoms with van der Waals surface area (Å²) in [6.45, 7) is 8.94. The first-order chi connectivity index (χ1) is 13.3. The number of piperazine rings is 1. The van der Waals surface area contributed by atoms with Crippen LogP contribution < -0.4 is 10.2 Å². The van der Waals surface area contributed by atoms with Crippen LogP contribution in [0.2, 0.25) is 0 Å². The summed E-state index contributed by atoms with van der Waals surface area (Å²) in [5.41, 5.74) is 0. The second-order valence-corrected chi connectivity index (χ2v) is 7.32. The maximum absolute atomic E-state index is 5.47. The second-order valence-electron chi connectivity index (χ2n) is 7.32. The van der Waals surface area contributed by atoms with Gasteiger partial charge in [0.1, 0.15) is 0 Å². The molecule has 2 fully saturated rings. The molecule has 0 radical (unpaired) electrons. The number of ether oxygens (including phenoxy) is 1. The number of guanidine groups is 1. The van der Waals surface area contributed by atoms with Gasteiger partial charge < -0.3 is 19.9 Å². The van der Waals surface area contributed by atoms with E-state index in [4.69, 9.17) is 4.74 Å². The molecule has 1 unspecified atom stereocenters. The van der Waals surface area contributed by atoms with Gasteiger partial charge in [-0.25, -0.2) is 9.97 Å². The van der Waals surface area contributed by atoms with E-state index in [9.17, 15) is 0 Å². The van der Waals surface area contributed by atoms with E-state index in [2.05, 4.69) is 42.0 Å². The normalized spacial score (nSPS) is 20.7. The maximum atomic E-state index is 5.47. The van der Waals surface area contributed by atoms with Crippen LogP contribution in [0.1, 0.15) is 12.8 Å². The van der Waals surface area contributed by atoms with Crippen LogP contribution in [-0.2, 0) is 4.74 Å². The Hall–Kier alpha value is -1.20. The lowest BCUT2D eigenvalue weighted by Crippen LogP contribution is -2.48. The molecule has 2 saturated heterocycles. The molecule has 8 nitrogen and oxygen atoms in total. The summed E-state index contributed by atoms with van der Waals surface area (Å²) in [4.78, 5) is 20.1. The molecule has 1 atom stereocenters. The highest BCUT2D eigenvalue weighted by Gasteiger charge is 2.20. The highest BCUT2D eigenvalue weighted by atomic mass is 127. The highest BCUT2D eigenvalue weighted by Crippen LogP contribution is 2.13. The van der Waals surface area contributed by atoms with Crippen LogP contribution in [0, 0.1) is 5.92 Å². The lowest BCUT2D eigenvalue weighted by atomic mass is 10.1. The molecule has 0 amide bonds. The summed E-state index contributed by atoms with van der Waals surface area (Å²) >= 11 is 0. The third kappa shape index (κ3) is 7.00. The minimum absolute atomic E-state index is 0. The van der Waals surface area contributed by atoms with Gasteiger partial charge in [0.05, 0.1) is 6.61 Å². The van der Waals surface area contributed by atoms with Crippen molar-refractivity contribution in [1.29, 1.82) is 0 Å². The number of aromatic nitrogens is 2. The molecule has 1 N–H and O–H groups in total. The van der Waals surface area contributed by atoms with E-state index < -0.39 is 0 Å². The van der Waals surface area contributed by atoms with Crippen molar-refractivity contribution in [3.63, 3.8) is 0 Å². The van der Waals surface area contributed by atoms with Gasteiger partial charge in [-0.15, -0.1) is 24.0 Å². The quantitative estimate of drug-likeness (QED) is 0.259. The summed E-state index contributed by atoms with van der Waals surface area (Å²) in [6.07, 6.45) is 5.89. The van der Waals surface area contributed by atoms with Crippen molar-refractivity contribution in [2.45, 2.75) is 12.8 Å². The number of rotatable bonds is 7. The number of nitrogens with zero attached hydrogens (tertiary/aromatic N) is 6. The molecule has 0 spiro atoms. The van der Waals surface area contributed by atoms with Crippen LogP contribution in [0.25, 0.3) is 0 Å². The number of hydrogen-bond acceptors (Lipinski definition) is 6. The first-order valence-corrected chi connectivity index (χ1v) is 10.00. The number of aliphatic imine (C=N–C) groups is 1. The summed E-state index contributed by atoms with van der Waals surface area (Å²) in [5, 5.41) is 3.50. The van der Waals surface area contributed by atoms with Gasteiger partial charge in [-0.3, -0.25) is 9.89 Å². The summed E-state index contributed by atoms with van der Waals surface area (Å²) in [6, 6.07) is 1.86. The van der Waals surface area contributed by atoms with E-state index in [0.717, 1.165) is 83.8 Å². The van der Waals surface area contributed by atoms with Crippen molar-refractivity contribution in [1.82, 2.24) is 25.1 Å². The molecule has 3 rings (SSSR count). The molecule has 9 heteroatoms. The fourth-order valence-corrected chi connectivity index (χ4v) is 3.71. The standard InChI is InChI=1S/C19H33N7O.HI/c1-20-18(24(2)15-17-5-14-27-16-17)21-8-4-9-25-10-12-26(13-11-25)19-22-6-3-7-23-19;/h3,6-7,17H,4-5,8-16H2,1-2H3,(H,20,21);1H. The van der Waals surface area contributed by atoms with Crippen molar-refractivity contribution < 1.29 is 4.74 Å². The lowest BCUT2D eigenvalue weighted by Gasteiger charge is -2.34. The van der Waals surface area contributed by atoms with Crippen LogP contribution in [0.4, 0.5) is 5.95 Å². The molecule has 0 bridgehead atoms. The monoisotopic (exact) mass is 503 g/mol. The number of nitrogens with one attached hydrogen (secondary N) is 1. The summed E-state index contributed by atoms with van der Waals surface area (Å²) in [7, 11) is 3.97. The number of hydrogen-bond donors (Lipinski definition) is 1. The molecular formula is C19H34IN7O. The first-order valence-electron chi connectivity index (χ1n) is 10.00. The van der Waals surface area contributed by atoms with Crippen molar-refractivity contribution in [2.75, 3.05) is 78.0 Å². The van der Waals surface area contributed by atoms with Gasteiger partial charge >= 0.3 is 0 Å². The Morgan fingerprint density at radius 2 is 2.04 bits per heavy atom. The molecular weight excluding hydrogens is 469 g/mol. The molecule has 28 heavy (non-hydrogen) atoms. The Kier molecular flexibility index (Phi) is 10.2. The topological polar surface area (TPSA) is 69.1 Å². The zero-order valence-corrected chi connectivity index (χ0v) is 19.4. The van der Waals surface area contributed by atoms with Crippen LogP contribution in [-0.4, -0.2) is 98.8 Å². The van der Waals surface area contributed by atoms with Gasteiger partial charge in [0.2, 0.25) is 5.95 Å². The maximum Gasteiger partial charge on any atom is 0.225 e. The summed E-state index contributed by atoms with van der Waals surface area (Å²) < 4.78 is 5.47. The van der Waals surface area contributed by atoms with Gasteiger partial charge in [-0.1, -0.05) is 0 Å². The summed E-state index contributed by atoms with van der Waals surface area (Å²) in [5.74, 6) is 2.45. The average molecular weight is 503 g/mol. The Morgan fingerprint density at radius 1 is 1.29 bits per heavy atom. The lowest BCUT2D eigenvalue weighted by molar-refractivity contribution is 0.181. The van der Waals surface area contributed by atoms with E-state index in [0.29, 0.717) is 5.92 Å². The Labute approximate surface area is 185 Å². The van der Waals surface area contributed by atoms with Gasteiger partial charge in [-0.05, 0) is 25.5 Å². The second kappa shape index (κ2) is 12.4. The van der Waals surface area contributed by atoms with E-state index in [1.54, 1.807) is 0 Å². The fourth-order valence-electron chi connectivity index (χ4n) is 3.71. The largest absolute Gasteiger partial charge is 0.381 e. The molecule has 0 aromatic carbocycles. The zero-order chi connectivity index (χ0) is 18.9. The fraction of sp³-hybridized carbons (Fsp3) is 0.737. The first kappa shape index (κ1) is 23.1. The molecule has 1 aromatic rings. The van der Waals surface area contributed by atoms with Crippen molar-refractivity contribution in [3.05, 3.63) is 18.5 Å². The minimum Gasteiger partial charge on any atom is -0.381 e. The van der Waals surface area contributed by atoms with E-state index in [-0.39, 0.29) is 24.0 Å². The Balaban J connectivity index is 0.00000280. The van der Waals surface area contributed by atoms with E-state index >= 15 is 0 Å². The predicted molar refractivity (Wildman–Crippen MR) is 124 cm³/mol. The number of halogens is 1. The van der Waals surface area contributed by atoms with Crippen LogP contribution in [0.5, 0.6) is 0 Å². The van der Waals surface area contributed by atoms with Gasteiger partial charge in [-0.2, -0.15) is 0 Å². The Bertz CT molecular complexity index is 575. The molecule has 3 heterocycles.